The molecule has 0 spiro atoms. The molecule has 0 unspecified atom stereocenters. The molecule has 2 aromatic rings. The average molecular weight is 307 g/mol. The van der Waals surface area contributed by atoms with E-state index in [1.807, 2.05) is 31.2 Å². The maximum atomic E-state index is 13.1. The molecule has 0 atom stereocenters. The Balaban J connectivity index is 2.16. The van der Waals surface area contributed by atoms with Gasteiger partial charge in [-0.25, -0.2) is 4.39 Å². The van der Waals surface area contributed by atoms with Gasteiger partial charge in [-0.05, 0) is 46.6 Å². The highest BCUT2D eigenvalue weighted by atomic mass is 79.9. The number of carbonyl (C=O) groups is 1. The first-order chi connectivity index (χ1) is 8.56. The molecule has 0 heterocycles. The van der Waals surface area contributed by atoms with Crippen LogP contribution in [0.15, 0.2) is 46.9 Å². The predicted molar refractivity (Wildman–Crippen MR) is 73.3 cm³/mol. The fourth-order valence-electron chi connectivity index (χ4n) is 1.66. The minimum absolute atomic E-state index is 0.0143. The molecule has 0 fully saturated rings. The highest BCUT2D eigenvalue weighted by Gasteiger charge is 2.09. The van der Waals surface area contributed by atoms with Gasteiger partial charge in [-0.1, -0.05) is 29.8 Å². The van der Waals surface area contributed by atoms with Crippen LogP contribution in [0, 0.1) is 12.7 Å². The van der Waals surface area contributed by atoms with Crippen molar-refractivity contribution in [3.63, 3.8) is 0 Å². The Kier molecular flexibility index (Phi) is 3.92. The van der Waals surface area contributed by atoms with E-state index in [0.717, 1.165) is 11.1 Å². The van der Waals surface area contributed by atoms with Crippen molar-refractivity contribution >= 4 is 21.7 Å². The van der Waals surface area contributed by atoms with Crippen LogP contribution in [-0.4, -0.2) is 5.78 Å². The van der Waals surface area contributed by atoms with Gasteiger partial charge in [0, 0.05) is 12.0 Å². The van der Waals surface area contributed by atoms with Crippen molar-refractivity contribution in [2.45, 2.75) is 13.3 Å². The standard InChI is InChI=1S/C15H12BrFO/c1-10-2-4-11(5-3-10)8-15(18)12-6-7-14(17)13(16)9-12/h2-7,9H,8H2,1H3. The Bertz CT molecular complexity index is 576. The van der Waals surface area contributed by atoms with E-state index in [2.05, 4.69) is 15.9 Å². The number of benzene rings is 2. The van der Waals surface area contributed by atoms with Gasteiger partial charge in [-0.15, -0.1) is 0 Å². The summed E-state index contributed by atoms with van der Waals surface area (Å²) in [6, 6.07) is 12.2. The van der Waals surface area contributed by atoms with E-state index in [1.54, 1.807) is 0 Å². The Labute approximate surface area is 114 Å². The van der Waals surface area contributed by atoms with Crippen LogP contribution in [-0.2, 0) is 6.42 Å². The molecule has 0 radical (unpaired) electrons. The van der Waals surface area contributed by atoms with Gasteiger partial charge in [0.1, 0.15) is 5.82 Å². The molecule has 0 saturated carbocycles. The van der Waals surface area contributed by atoms with Gasteiger partial charge >= 0.3 is 0 Å². The van der Waals surface area contributed by atoms with E-state index in [1.165, 1.54) is 18.2 Å². The van der Waals surface area contributed by atoms with E-state index in [-0.39, 0.29) is 11.6 Å². The lowest BCUT2D eigenvalue weighted by Gasteiger charge is -2.03. The van der Waals surface area contributed by atoms with Crippen molar-refractivity contribution in [1.29, 1.82) is 0 Å². The molecule has 0 bridgehead atoms. The SMILES string of the molecule is Cc1ccc(CC(=O)c2ccc(F)c(Br)c2)cc1. The molecular weight excluding hydrogens is 295 g/mol. The molecule has 0 aliphatic carbocycles. The normalized spacial score (nSPS) is 10.4. The van der Waals surface area contributed by atoms with Gasteiger partial charge in [-0.2, -0.15) is 0 Å². The van der Waals surface area contributed by atoms with Crippen molar-refractivity contribution < 1.29 is 9.18 Å². The molecular formula is C15H12BrFO. The minimum Gasteiger partial charge on any atom is -0.294 e. The summed E-state index contributed by atoms with van der Waals surface area (Å²) >= 11 is 3.08. The van der Waals surface area contributed by atoms with E-state index in [4.69, 9.17) is 0 Å². The van der Waals surface area contributed by atoms with Gasteiger partial charge in [-0.3, -0.25) is 4.79 Å². The molecule has 2 aromatic carbocycles. The Morgan fingerprint density at radius 2 is 1.83 bits per heavy atom. The predicted octanol–water partition coefficient (Wildman–Crippen LogP) is 4.32. The molecule has 0 aliphatic heterocycles. The molecule has 3 heteroatoms. The van der Waals surface area contributed by atoms with Crippen molar-refractivity contribution in [3.05, 3.63) is 69.4 Å². The lowest BCUT2D eigenvalue weighted by atomic mass is 10.0. The van der Waals surface area contributed by atoms with E-state index in [0.29, 0.717) is 16.5 Å². The van der Waals surface area contributed by atoms with Crippen LogP contribution in [0.2, 0.25) is 0 Å². The van der Waals surface area contributed by atoms with E-state index >= 15 is 0 Å². The minimum atomic E-state index is -0.359. The monoisotopic (exact) mass is 306 g/mol. The molecule has 2 rings (SSSR count). The lowest BCUT2D eigenvalue weighted by molar-refractivity contribution is 0.0993. The van der Waals surface area contributed by atoms with Crippen LogP contribution in [0.3, 0.4) is 0 Å². The fourth-order valence-corrected chi connectivity index (χ4v) is 2.04. The van der Waals surface area contributed by atoms with Gasteiger partial charge in [0.15, 0.2) is 5.78 Å². The first-order valence-electron chi connectivity index (χ1n) is 5.60. The summed E-state index contributed by atoms with van der Waals surface area (Å²) in [6.07, 6.45) is 0.332. The van der Waals surface area contributed by atoms with Crippen LogP contribution >= 0.6 is 15.9 Å². The summed E-state index contributed by atoms with van der Waals surface area (Å²) in [5.41, 5.74) is 2.64. The molecule has 0 aliphatic rings. The zero-order chi connectivity index (χ0) is 13.1. The lowest BCUT2D eigenvalue weighted by Crippen LogP contribution is -2.03. The number of carbonyl (C=O) groups excluding carboxylic acids is 1. The molecule has 1 nitrogen and oxygen atoms in total. The smallest absolute Gasteiger partial charge is 0.167 e. The highest BCUT2D eigenvalue weighted by Crippen LogP contribution is 2.18. The molecule has 92 valence electrons. The third-order valence-corrected chi connectivity index (χ3v) is 3.33. The summed E-state index contributed by atoms with van der Waals surface area (Å²) in [7, 11) is 0. The van der Waals surface area contributed by atoms with Crippen molar-refractivity contribution in [2.24, 2.45) is 0 Å². The maximum Gasteiger partial charge on any atom is 0.167 e. The number of hydrogen-bond donors (Lipinski definition) is 0. The Morgan fingerprint density at radius 1 is 1.17 bits per heavy atom. The Hall–Kier alpha value is -1.48. The van der Waals surface area contributed by atoms with Gasteiger partial charge in [0.25, 0.3) is 0 Å². The van der Waals surface area contributed by atoms with E-state index < -0.39 is 0 Å². The second-order valence-electron chi connectivity index (χ2n) is 4.21. The molecule has 0 N–H and O–H groups in total. The number of rotatable bonds is 3. The third kappa shape index (κ3) is 3.05. The zero-order valence-electron chi connectivity index (χ0n) is 9.91. The van der Waals surface area contributed by atoms with Crippen molar-refractivity contribution in [3.8, 4) is 0 Å². The fraction of sp³-hybridized carbons (Fsp3) is 0.133. The number of aryl methyl sites for hydroxylation is 1. The van der Waals surface area contributed by atoms with Crippen LogP contribution in [0.4, 0.5) is 4.39 Å². The van der Waals surface area contributed by atoms with Crippen LogP contribution in [0.25, 0.3) is 0 Å². The largest absolute Gasteiger partial charge is 0.294 e. The van der Waals surface area contributed by atoms with Gasteiger partial charge < -0.3 is 0 Å². The molecule has 0 amide bonds. The summed E-state index contributed by atoms with van der Waals surface area (Å²) in [4.78, 5) is 12.0. The van der Waals surface area contributed by atoms with Crippen LogP contribution < -0.4 is 0 Å². The number of hydrogen-bond acceptors (Lipinski definition) is 1. The van der Waals surface area contributed by atoms with Crippen molar-refractivity contribution in [1.82, 2.24) is 0 Å². The third-order valence-electron chi connectivity index (χ3n) is 2.73. The maximum absolute atomic E-state index is 13.1. The van der Waals surface area contributed by atoms with Crippen LogP contribution in [0.5, 0.6) is 0 Å². The molecule has 0 saturated heterocycles. The first-order valence-corrected chi connectivity index (χ1v) is 6.39. The zero-order valence-corrected chi connectivity index (χ0v) is 11.5. The van der Waals surface area contributed by atoms with Crippen LogP contribution in [0.1, 0.15) is 21.5 Å². The van der Waals surface area contributed by atoms with E-state index in [9.17, 15) is 9.18 Å². The van der Waals surface area contributed by atoms with Gasteiger partial charge in [0.05, 0.1) is 4.47 Å². The second kappa shape index (κ2) is 5.44. The average Bonchev–Trinajstić information content (AvgIpc) is 2.35. The van der Waals surface area contributed by atoms with Gasteiger partial charge in [0.2, 0.25) is 0 Å². The Morgan fingerprint density at radius 3 is 2.44 bits per heavy atom. The summed E-state index contributed by atoms with van der Waals surface area (Å²) < 4.78 is 13.4. The molecule has 0 aromatic heterocycles. The highest BCUT2D eigenvalue weighted by molar-refractivity contribution is 9.10. The summed E-state index contributed by atoms with van der Waals surface area (Å²) in [5.74, 6) is -0.374. The number of Topliss-reactive ketones (excluding diaryl/α,β-unsaturated/α-hetero) is 1. The summed E-state index contributed by atoms with van der Waals surface area (Å²) in [6.45, 7) is 2.00. The first kappa shape index (κ1) is 13.0. The topological polar surface area (TPSA) is 17.1 Å². The molecule has 18 heavy (non-hydrogen) atoms. The number of ketones is 1. The number of halogens is 2. The summed E-state index contributed by atoms with van der Waals surface area (Å²) in [5, 5.41) is 0. The quantitative estimate of drug-likeness (QED) is 0.772. The second-order valence-corrected chi connectivity index (χ2v) is 5.07. The van der Waals surface area contributed by atoms with Crippen molar-refractivity contribution in [2.75, 3.05) is 0 Å².